The molecule has 0 heterocycles. The molecule has 100 valence electrons. The summed E-state index contributed by atoms with van der Waals surface area (Å²) in [6, 6.07) is 14.0. The van der Waals surface area contributed by atoms with Gasteiger partial charge in [-0.15, -0.1) is 0 Å². The Kier molecular flexibility index (Phi) is 5.07. The van der Waals surface area contributed by atoms with Crippen molar-refractivity contribution >= 4 is 15.9 Å². The van der Waals surface area contributed by atoms with Gasteiger partial charge in [-0.25, -0.2) is 4.39 Å². The van der Waals surface area contributed by atoms with E-state index in [0.29, 0.717) is 18.7 Å². The van der Waals surface area contributed by atoms with E-state index < -0.39 is 6.10 Å². The van der Waals surface area contributed by atoms with E-state index in [1.807, 2.05) is 24.3 Å². The van der Waals surface area contributed by atoms with Gasteiger partial charge in [0.1, 0.15) is 5.82 Å². The number of hydrogen-bond donors (Lipinski definition) is 2. The van der Waals surface area contributed by atoms with Gasteiger partial charge in [0.15, 0.2) is 0 Å². The number of nitrogens with one attached hydrogen (secondary N) is 1. The largest absolute Gasteiger partial charge is 0.387 e. The molecular formula is C15H15BrFNO. The third-order valence-corrected chi connectivity index (χ3v) is 3.34. The predicted molar refractivity (Wildman–Crippen MR) is 77.2 cm³/mol. The minimum atomic E-state index is -0.703. The molecule has 0 radical (unpaired) electrons. The van der Waals surface area contributed by atoms with Crippen LogP contribution >= 0.6 is 15.9 Å². The van der Waals surface area contributed by atoms with Crippen molar-refractivity contribution in [2.45, 2.75) is 12.6 Å². The van der Waals surface area contributed by atoms with E-state index in [-0.39, 0.29) is 5.82 Å². The molecule has 4 heteroatoms. The van der Waals surface area contributed by atoms with Crippen molar-refractivity contribution in [1.29, 1.82) is 0 Å². The number of benzene rings is 2. The second-order valence-electron chi connectivity index (χ2n) is 4.33. The van der Waals surface area contributed by atoms with Gasteiger partial charge in [0, 0.05) is 17.6 Å². The van der Waals surface area contributed by atoms with Gasteiger partial charge >= 0.3 is 0 Å². The Labute approximate surface area is 120 Å². The number of aliphatic hydroxyl groups excluding tert-OH is 1. The third kappa shape index (κ3) is 4.42. The van der Waals surface area contributed by atoms with E-state index in [1.54, 1.807) is 12.1 Å². The second-order valence-corrected chi connectivity index (χ2v) is 5.24. The van der Waals surface area contributed by atoms with Gasteiger partial charge in [0.05, 0.1) is 6.10 Å². The molecule has 0 saturated heterocycles. The van der Waals surface area contributed by atoms with Gasteiger partial charge in [-0.1, -0.05) is 40.2 Å². The Morgan fingerprint density at radius 2 is 1.89 bits per heavy atom. The molecule has 2 aromatic rings. The molecule has 2 N–H and O–H groups in total. The van der Waals surface area contributed by atoms with Gasteiger partial charge in [-0.3, -0.25) is 0 Å². The highest BCUT2D eigenvalue weighted by atomic mass is 79.9. The zero-order chi connectivity index (χ0) is 13.7. The number of halogens is 2. The summed E-state index contributed by atoms with van der Waals surface area (Å²) in [7, 11) is 0. The molecule has 0 aliphatic rings. The highest BCUT2D eigenvalue weighted by molar-refractivity contribution is 9.10. The molecule has 0 bridgehead atoms. The first kappa shape index (κ1) is 14.2. The molecule has 1 atom stereocenters. The van der Waals surface area contributed by atoms with Crippen molar-refractivity contribution in [3.05, 3.63) is 69.9 Å². The van der Waals surface area contributed by atoms with Crippen molar-refractivity contribution in [3.63, 3.8) is 0 Å². The molecule has 0 spiro atoms. The van der Waals surface area contributed by atoms with E-state index >= 15 is 0 Å². The Balaban J connectivity index is 1.84. The highest BCUT2D eigenvalue weighted by Crippen LogP contribution is 2.14. The molecule has 0 aliphatic heterocycles. The fraction of sp³-hybridized carbons (Fsp3) is 0.200. The molecule has 2 rings (SSSR count). The van der Waals surface area contributed by atoms with Crippen LogP contribution in [0.15, 0.2) is 53.0 Å². The fourth-order valence-electron chi connectivity index (χ4n) is 1.79. The van der Waals surface area contributed by atoms with Gasteiger partial charge in [0.25, 0.3) is 0 Å². The van der Waals surface area contributed by atoms with Crippen LogP contribution in [0.2, 0.25) is 0 Å². The summed E-state index contributed by atoms with van der Waals surface area (Å²) < 4.78 is 14.1. The zero-order valence-corrected chi connectivity index (χ0v) is 11.9. The lowest BCUT2D eigenvalue weighted by molar-refractivity contribution is 0.174. The van der Waals surface area contributed by atoms with Crippen molar-refractivity contribution in [3.8, 4) is 0 Å². The molecule has 0 aliphatic carbocycles. The molecular weight excluding hydrogens is 309 g/mol. The second kappa shape index (κ2) is 6.80. The van der Waals surface area contributed by atoms with Crippen LogP contribution in [0.1, 0.15) is 17.2 Å². The SMILES string of the molecule is OC(CNCc1ccc(Br)cc1)c1cccc(F)c1. The third-order valence-electron chi connectivity index (χ3n) is 2.81. The lowest BCUT2D eigenvalue weighted by atomic mass is 10.1. The minimum Gasteiger partial charge on any atom is -0.387 e. The molecule has 0 fully saturated rings. The molecule has 0 aromatic heterocycles. The molecule has 1 unspecified atom stereocenters. The lowest BCUT2D eigenvalue weighted by Crippen LogP contribution is -2.21. The summed E-state index contributed by atoms with van der Waals surface area (Å²) in [4.78, 5) is 0. The maximum Gasteiger partial charge on any atom is 0.123 e. The highest BCUT2D eigenvalue weighted by Gasteiger charge is 2.07. The number of rotatable bonds is 5. The normalized spacial score (nSPS) is 12.4. The summed E-state index contributed by atoms with van der Waals surface area (Å²) >= 11 is 3.38. The van der Waals surface area contributed by atoms with Gasteiger partial charge in [-0.2, -0.15) is 0 Å². The Hall–Kier alpha value is -1.23. The van der Waals surface area contributed by atoms with Crippen molar-refractivity contribution < 1.29 is 9.50 Å². The molecule has 2 aromatic carbocycles. The first-order valence-corrected chi connectivity index (χ1v) is 6.83. The van der Waals surface area contributed by atoms with Crippen LogP contribution in [0.25, 0.3) is 0 Å². The monoisotopic (exact) mass is 323 g/mol. The summed E-state index contributed by atoms with van der Waals surface area (Å²) in [6.45, 7) is 1.05. The fourth-order valence-corrected chi connectivity index (χ4v) is 2.05. The summed E-state index contributed by atoms with van der Waals surface area (Å²) in [5.41, 5.74) is 1.72. The molecule has 19 heavy (non-hydrogen) atoms. The van der Waals surface area contributed by atoms with Gasteiger partial charge in [-0.05, 0) is 35.4 Å². The van der Waals surface area contributed by atoms with E-state index in [0.717, 1.165) is 10.0 Å². The lowest BCUT2D eigenvalue weighted by Gasteiger charge is -2.12. The molecule has 0 saturated carbocycles. The topological polar surface area (TPSA) is 32.3 Å². The molecule has 2 nitrogen and oxygen atoms in total. The first-order chi connectivity index (χ1) is 9.15. The summed E-state index contributed by atoms with van der Waals surface area (Å²) in [5, 5.41) is 13.1. The average Bonchev–Trinajstić information content (AvgIpc) is 2.41. The van der Waals surface area contributed by atoms with Crippen LogP contribution in [0, 0.1) is 5.82 Å². The van der Waals surface area contributed by atoms with Crippen LogP contribution in [-0.2, 0) is 6.54 Å². The standard InChI is InChI=1S/C15H15BrFNO/c16-13-6-4-11(5-7-13)9-18-10-15(19)12-2-1-3-14(17)8-12/h1-8,15,18-19H,9-10H2. The van der Waals surface area contributed by atoms with E-state index in [9.17, 15) is 9.50 Å². The maximum absolute atomic E-state index is 13.0. The van der Waals surface area contributed by atoms with Gasteiger partial charge < -0.3 is 10.4 Å². The number of hydrogen-bond acceptors (Lipinski definition) is 2. The van der Waals surface area contributed by atoms with Crippen molar-refractivity contribution in [1.82, 2.24) is 5.32 Å². The van der Waals surface area contributed by atoms with Crippen molar-refractivity contribution in [2.75, 3.05) is 6.54 Å². The zero-order valence-electron chi connectivity index (χ0n) is 10.3. The predicted octanol–water partition coefficient (Wildman–Crippen LogP) is 3.41. The smallest absolute Gasteiger partial charge is 0.123 e. The Morgan fingerprint density at radius 3 is 2.58 bits per heavy atom. The first-order valence-electron chi connectivity index (χ1n) is 6.04. The van der Waals surface area contributed by atoms with Crippen LogP contribution < -0.4 is 5.32 Å². The van der Waals surface area contributed by atoms with Crippen molar-refractivity contribution in [2.24, 2.45) is 0 Å². The van der Waals surface area contributed by atoms with Gasteiger partial charge in [0.2, 0.25) is 0 Å². The maximum atomic E-state index is 13.0. The van der Waals surface area contributed by atoms with Crippen LogP contribution in [-0.4, -0.2) is 11.7 Å². The average molecular weight is 324 g/mol. The summed E-state index contributed by atoms with van der Waals surface area (Å²) in [5.74, 6) is -0.329. The van der Waals surface area contributed by atoms with E-state index in [2.05, 4.69) is 21.2 Å². The Morgan fingerprint density at radius 1 is 1.16 bits per heavy atom. The quantitative estimate of drug-likeness (QED) is 0.883. The minimum absolute atomic E-state index is 0.329. The van der Waals surface area contributed by atoms with E-state index in [1.165, 1.54) is 12.1 Å². The Bertz CT molecular complexity index is 530. The number of aliphatic hydroxyl groups is 1. The van der Waals surface area contributed by atoms with Crippen LogP contribution in [0.3, 0.4) is 0 Å². The van der Waals surface area contributed by atoms with E-state index in [4.69, 9.17) is 0 Å². The molecule has 0 amide bonds. The van der Waals surface area contributed by atoms with Crippen LogP contribution in [0.5, 0.6) is 0 Å². The summed E-state index contributed by atoms with van der Waals surface area (Å²) in [6.07, 6.45) is -0.703. The van der Waals surface area contributed by atoms with Crippen LogP contribution in [0.4, 0.5) is 4.39 Å².